The van der Waals surface area contributed by atoms with Crippen LogP contribution in [0, 0.1) is 0 Å². The number of aromatic nitrogens is 1. The summed E-state index contributed by atoms with van der Waals surface area (Å²) in [4.78, 5) is 47.4. The number of esters is 3. The third-order valence-electron chi connectivity index (χ3n) is 6.28. The number of benzene rings is 1. The summed E-state index contributed by atoms with van der Waals surface area (Å²) < 4.78 is 39.7. The molecule has 224 valence electrons. The lowest BCUT2D eigenvalue weighted by Gasteiger charge is -2.43. The molecule has 0 saturated carbocycles. The van der Waals surface area contributed by atoms with Crippen LogP contribution in [0.2, 0.25) is 0 Å². The zero-order chi connectivity index (χ0) is 29.5. The SMILES string of the molecule is COc1ccc2nc(NC(=NC[C@H]3O[C@H](OC)[C@H](OC(C)=O)[C@@H](OC(C)=O)[C@@H]3OC(C)=O)N3CCOCC3)sc2c1. The van der Waals surface area contributed by atoms with Gasteiger partial charge in [-0.3, -0.25) is 14.4 Å². The van der Waals surface area contributed by atoms with Crippen LogP contribution in [-0.2, 0) is 42.8 Å². The number of carbonyl (C=O) groups excluding carboxylic acids is 3. The maximum Gasteiger partial charge on any atom is 0.303 e. The molecule has 0 amide bonds. The summed E-state index contributed by atoms with van der Waals surface area (Å²) in [5.74, 6) is -0.722. The van der Waals surface area contributed by atoms with Gasteiger partial charge in [-0.1, -0.05) is 11.3 Å². The Labute approximate surface area is 240 Å². The minimum absolute atomic E-state index is 0.0270. The fourth-order valence-electron chi connectivity index (χ4n) is 4.54. The van der Waals surface area contributed by atoms with Crippen molar-refractivity contribution < 1.29 is 47.5 Å². The highest BCUT2D eigenvalue weighted by molar-refractivity contribution is 7.22. The third kappa shape index (κ3) is 7.81. The number of rotatable bonds is 8. The van der Waals surface area contributed by atoms with Crippen molar-refractivity contribution in [3.05, 3.63) is 18.2 Å². The van der Waals surface area contributed by atoms with Gasteiger partial charge in [-0.05, 0) is 18.2 Å². The van der Waals surface area contributed by atoms with Crippen molar-refractivity contribution >= 4 is 50.6 Å². The number of ether oxygens (including phenoxy) is 7. The number of aliphatic imine (C=N–C) groups is 1. The van der Waals surface area contributed by atoms with Gasteiger partial charge in [-0.2, -0.15) is 0 Å². The summed E-state index contributed by atoms with van der Waals surface area (Å²) in [7, 11) is 2.97. The molecule has 0 radical (unpaired) electrons. The van der Waals surface area contributed by atoms with Crippen molar-refractivity contribution in [3.8, 4) is 5.75 Å². The van der Waals surface area contributed by atoms with Gasteiger partial charge >= 0.3 is 17.9 Å². The molecule has 0 bridgehead atoms. The highest BCUT2D eigenvalue weighted by Gasteiger charge is 2.52. The molecule has 5 atom stereocenters. The van der Waals surface area contributed by atoms with E-state index >= 15 is 0 Å². The van der Waals surface area contributed by atoms with Gasteiger partial charge < -0.3 is 43.4 Å². The average molecular weight is 595 g/mol. The normalized spacial score (nSPS) is 25.0. The Bertz CT molecular complexity index is 1260. The van der Waals surface area contributed by atoms with Crippen molar-refractivity contribution in [3.63, 3.8) is 0 Å². The molecule has 1 aromatic heterocycles. The van der Waals surface area contributed by atoms with E-state index in [-0.39, 0.29) is 6.54 Å². The van der Waals surface area contributed by atoms with E-state index in [1.165, 1.54) is 39.2 Å². The Morgan fingerprint density at radius 1 is 1.02 bits per heavy atom. The maximum atomic E-state index is 12.1. The quantitative estimate of drug-likeness (QED) is 0.204. The first kappa shape index (κ1) is 30.4. The molecule has 0 spiro atoms. The second-order valence-electron chi connectivity index (χ2n) is 9.24. The average Bonchev–Trinajstić information content (AvgIpc) is 3.34. The van der Waals surface area contributed by atoms with Gasteiger partial charge in [0.05, 0.1) is 37.1 Å². The predicted octanol–water partition coefficient (Wildman–Crippen LogP) is 1.57. The van der Waals surface area contributed by atoms with Gasteiger partial charge in [0.1, 0.15) is 11.9 Å². The Balaban J connectivity index is 1.64. The minimum Gasteiger partial charge on any atom is -0.497 e. The van der Waals surface area contributed by atoms with Gasteiger partial charge in [0, 0.05) is 41.0 Å². The van der Waals surface area contributed by atoms with E-state index in [1.807, 2.05) is 23.1 Å². The lowest BCUT2D eigenvalue weighted by atomic mass is 9.97. The molecule has 1 N–H and O–H groups in total. The molecule has 14 nitrogen and oxygen atoms in total. The Hall–Kier alpha value is -3.53. The Kier molecular flexibility index (Phi) is 10.3. The van der Waals surface area contributed by atoms with E-state index in [0.29, 0.717) is 37.4 Å². The second-order valence-corrected chi connectivity index (χ2v) is 10.3. The molecular weight excluding hydrogens is 560 g/mol. The summed E-state index contributed by atoms with van der Waals surface area (Å²) in [6.45, 7) is 5.78. The summed E-state index contributed by atoms with van der Waals surface area (Å²) >= 11 is 1.44. The van der Waals surface area contributed by atoms with E-state index in [9.17, 15) is 14.4 Å². The van der Waals surface area contributed by atoms with Gasteiger partial charge in [-0.15, -0.1) is 0 Å². The summed E-state index contributed by atoms with van der Waals surface area (Å²) in [6, 6.07) is 5.62. The van der Waals surface area contributed by atoms with Crippen molar-refractivity contribution in [2.75, 3.05) is 52.4 Å². The Morgan fingerprint density at radius 2 is 1.68 bits per heavy atom. The first-order valence-corrected chi connectivity index (χ1v) is 13.8. The van der Waals surface area contributed by atoms with E-state index < -0.39 is 48.6 Å². The van der Waals surface area contributed by atoms with Crippen molar-refractivity contribution in [2.24, 2.45) is 4.99 Å². The zero-order valence-corrected chi connectivity index (χ0v) is 24.3. The van der Waals surface area contributed by atoms with Gasteiger partial charge in [0.25, 0.3) is 0 Å². The number of carbonyl (C=O) groups is 3. The molecule has 3 heterocycles. The fraction of sp³-hybridized carbons (Fsp3) is 0.577. The number of methoxy groups -OCH3 is 2. The number of morpholine rings is 1. The lowest BCUT2D eigenvalue weighted by molar-refractivity contribution is -0.296. The topological polar surface area (TPSA) is 156 Å². The number of guanidine groups is 1. The van der Waals surface area contributed by atoms with Gasteiger partial charge in [0.15, 0.2) is 29.7 Å². The molecule has 15 heteroatoms. The number of thiazole rings is 1. The molecule has 2 aliphatic heterocycles. The molecule has 4 rings (SSSR count). The van der Waals surface area contributed by atoms with Crippen LogP contribution >= 0.6 is 11.3 Å². The van der Waals surface area contributed by atoms with Crippen LogP contribution in [0.1, 0.15) is 20.8 Å². The first-order chi connectivity index (χ1) is 19.7. The van der Waals surface area contributed by atoms with Crippen LogP contribution in [0.3, 0.4) is 0 Å². The van der Waals surface area contributed by atoms with E-state index in [2.05, 4.69) is 10.3 Å². The zero-order valence-electron chi connectivity index (χ0n) is 23.5. The van der Waals surface area contributed by atoms with Gasteiger partial charge in [0.2, 0.25) is 5.96 Å². The molecule has 1 aromatic carbocycles. The number of anilines is 1. The van der Waals surface area contributed by atoms with Crippen molar-refractivity contribution in [2.45, 2.75) is 51.5 Å². The molecule has 0 aliphatic carbocycles. The molecule has 2 aromatic rings. The molecule has 2 fully saturated rings. The summed E-state index contributed by atoms with van der Waals surface area (Å²) in [6.07, 6.45) is -5.55. The highest BCUT2D eigenvalue weighted by atomic mass is 32.1. The molecule has 0 unspecified atom stereocenters. The van der Waals surface area contributed by atoms with E-state index in [0.717, 1.165) is 16.0 Å². The lowest BCUT2D eigenvalue weighted by Crippen LogP contribution is -2.62. The predicted molar refractivity (Wildman–Crippen MR) is 147 cm³/mol. The Morgan fingerprint density at radius 3 is 2.32 bits per heavy atom. The number of fused-ring (bicyclic) bond motifs is 1. The highest BCUT2D eigenvalue weighted by Crippen LogP contribution is 2.31. The fourth-order valence-corrected chi connectivity index (χ4v) is 5.43. The van der Waals surface area contributed by atoms with E-state index in [4.69, 9.17) is 38.2 Å². The number of hydrogen-bond acceptors (Lipinski definition) is 13. The molecular formula is C26H34N4O10S. The first-order valence-electron chi connectivity index (χ1n) is 13.0. The minimum atomic E-state index is -1.20. The summed E-state index contributed by atoms with van der Waals surface area (Å²) in [5.41, 5.74) is 0.800. The van der Waals surface area contributed by atoms with Crippen LogP contribution in [0.5, 0.6) is 5.75 Å². The smallest absolute Gasteiger partial charge is 0.303 e. The molecule has 41 heavy (non-hydrogen) atoms. The largest absolute Gasteiger partial charge is 0.497 e. The van der Waals surface area contributed by atoms with Crippen LogP contribution in [-0.4, -0.2) is 112 Å². The standard InChI is InChI=1S/C26H34N4O10S/c1-14(31)37-21-19(40-24(35-5)23(39-16(3)33)22(21)38-15(2)32)13-27-25(30-8-10-36-11-9-30)29-26-28-18-7-6-17(34-4)12-20(18)41-26/h6-7,12,19,21-24H,8-11,13H2,1-5H3,(H,27,28,29)/t19-,21-,22+,23-,24+/m1/s1. The third-order valence-corrected chi connectivity index (χ3v) is 7.21. The van der Waals surface area contributed by atoms with E-state index in [1.54, 1.807) is 7.11 Å². The van der Waals surface area contributed by atoms with Crippen LogP contribution in [0.4, 0.5) is 5.13 Å². The number of nitrogens with zero attached hydrogens (tertiary/aromatic N) is 3. The maximum absolute atomic E-state index is 12.1. The molecule has 2 saturated heterocycles. The van der Waals surface area contributed by atoms with Crippen LogP contribution in [0.25, 0.3) is 10.2 Å². The van der Waals surface area contributed by atoms with Crippen LogP contribution < -0.4 is 10.1 Å². The number of nitrogens with one attached hydrogen (secondary N) is 1. The second kappa shape index (κ2) is 13.9. The van der Waals surface area contributed by atoms with Crippen molar-refractivity contribution in [1.82, 2.24) is 9.88 Å². The monoisotopic (exact) mass is 594 g/mol. The molecule has 2 aliphatic rings. The summed E-state index contributed by atoms with van der Waals surface area (Å²) in [5, 5.41) is 3.93. The van der Waals surface area contributed by atoms with Crippen LogP contribution in [0.15, 0.2) is 23.2 Å². The van der Waals surface area contributed by atoms with Crippen molar-refractivity contribution in [1.29, 1.82) is 0 Å². The number of hydrogen-bond donors (Lipinski definition) is 1. The van der Waals surface area contributed by atoms with Gasteiger partial charge in [-0.25, -0.2) is 9.98 Å².